The molecule has 0 spiro atoms. The molecule has 2 aromatic heterocycles. The summed E-state index contributed by atoms with van der Waals surface area (Å²) in [6.45, 7) is 1.78. The molecule has 0 aliphatic carbocycles. The summed E-state index contributed by atoms with van der Waals surface area (Å²) in [6, 6.07) is 10.4. The molecular weight excluding hydrogens is 327 g/mol. The second kappa shape index (κ2) is 5.54. The minimum atomic E-state index is -3.85. The van der Waals surface area contributed by atoms with Gasteiger partial charge in [0.2, 0.25) is 0 Å². The first-order chi connectivity index (χ1) is 10.5. The third-order valence-electron chi connectivity index (χ3n) is 2.84. The Morgan fingerprint density at radius 2 is 2.00 bits per heavy atom. The van der Waals surface area contributed by atoms with E-state index in [1.165, 1.54) is 24.3 Å². The van der Waals surface area contributed by atoms with E-state index in [0.717, 1.165) is 11.3 Å². The second-order valence-corrected chi connectivity index (χ2v) is 7.53. The van der Waals surface area contributed by atoms with Crippen molar-refractivity contribution in [2.45, 2.75) is 11.1 Å². The maximum Gasteiger partial charge on any atom is 0.271 e. The average Bonchev–Trinajstić information content (AvgIpc) is 3.10. The summed E-state index contributed by atoms with van der Waals surface area (Å²) in [5, 5.41) is 3.76. The van der Waals surface area contributed by atoms with Crippen molar-refractivity contribution in [1.82, 2.24) is 5.16 Å². The number of hydrogen-bond acceptors (Lipinski definition) is 5. The van der Waals surface area contributed by atoms with Crippen LogP contribution in [0.3, 0.4) is 0 Å². The van der Waals surface area contributed by atoms with E-state index in [4.69, 9.17) is 4.52 Å². The van der Waals surface area contributed by atoms with Crippen molar-refractivity contribution in [3.8, 4) is 10.6 Å². The normalized spacial score (nSPS) is 11.5. The summed E-state index contributed by atoms with van der Waals surface area (Å²) in [6.07, 6.45) is 0. The molecule has 0 aliphatic rings. The van der Waals surface area contributed by atoms with Gasteiger partial charge in [0.25, 0.3) is 10.0 Å². The third kappa shape index (κ3) is 2.88. The highest BCUT2D eigenvalue weighted by atomic mass is 32.2. The lowest BCUT2D eigenvalue weighted by Crippen LogP contribution is -2.12. The van der Waals surface area contributed by atoms with Crippen molar-refractivity contribution < 1.29 is 17.3 Å². The molecular formula is C14H11FN2O3S2. The fourth-order valence-electron chi connectivity index (χ4n) is 1.82. The van der Waals surface area contributed by atoms with Gasteiger partial charge in [0.05, 0.1) is 16.3 Å². The van der Waals surface area contributed by atoms with Crippen LogP contribution in [0.25, 0.3) is 10.6 Å². The first-order valence-corrected chi connectivity index (χ1v) is 8.56. The Bertz CT molecular complexity index is 916. The van der Waals surface area contributed by atoms with Gasteiger partial charge in [0.15, 0.2) is 5.76 Å². The van der Waals surface area contributed by atoms with Crippen LogP contribution < -0.4 is 4.72 Å². The maximum absolute atomic E-state index is 13.6. The summed E-state index contributed by atoms with van der Waals surface area (Å²) < 4.78 is 45.5. The Labute approximate surface area is 130 Å². The number of anilines is 1. The van der Waals surface area contributed by atoms with E-state index in [9.17, 15) is 12.8 Å². The molecule has 3 rings (SSSR count). The molecule has 2 heterocycles. The zero-order valence-electron chi connectivity index (χ0n) is 11.4. The fourth-order valence-corrected chi connectivity index (χ4v) is 4.14. The number of sulfonamides is 1. The molecule has 3 aromatic rings. The van der Waals surface area contributed by atoms with Gasteiger partial charge in [-0.25, -0.2) is 12.8 Å². The molecule has 0 atom stereocenters. The number of aromatic nitrogens is 1. The predicted octanol–water partition coefficient (Wildman–Crippen LogP) is 3.65. The SMILES string of the molecule is Cc1cc(-c2ccc(S(=O)(=O)Nc3ccccc3F)s2)on1. The highest BCUT2D eigenvalue weighted by Crippen LogP contribution is 2.32. The molecule has 0 fully saturated rings. The molecule has 8 heteroatoms. The zero-order valence-corrected chi connectivity index (χ0v) is 13.0. The second-order valence-electron chi connectivity index (χ2n) is 4.54. The molecule has 1 N–H and O–H groups in total. The molecule has 0 radical (unpaired) electrons. The van der Waals surface area contributed by atoms with E-state index in [2.05, 4.69) is 9.88 Å². The fraction of sp³-hybridized carbons (Fsp3) is 0.0714. The smallest absolute Gasteiger partial charge is 0.271 e. The number of aryl methyl sites for hydroxylation is 1. The maximum atomic E-state index is 13.6. The van der Waals surface area contributed by atoms with Crippen LogP contribution in [-0.2, 0) is 10.0 Å². The number of para-hydroxylation sites is 1. The highest BCUT2D eigenvalue weighted by Gasteiger charge is 2.20. The molecule has 22 heavy (non-hydrogen) atoms. The Morgan fingerprint density at radius 3 is 2.68 bits per heavy atom. The Kier molecular flexibility index (Phi) is 3.71. The number of hydrogen-bond donors (Lipinski definition) is 1. The summed E-state index contributed by atoms with van der Waals surface area (Å²) in [5.41, 5.74) is 0.616. The van der Waals surface area contributed by atoms with Crippen molar-refractivity contribution in [2.24, 2.45) is 0 Å². The van der Waals surface area contributed by atoms with Crippen LogP contribution in [0.5, 0.6) is 0 Å². The van der Waals surface area contributed by atoms with E-state index in [1.54, 1.807) is 25.1 Å². The lowest BCUT2D eigenvalue weighted by molar-refractivity contribution is 0.428. The molecule has 0 saturated heterocycles. The van der Waals surface area contributed by atoms with E-state index in [-0.39, 0.29) is 9.90 Å². The van der Waals surface area contributed by atoms with Gasteiger partial charge in [-0.3, -0.25) is 4.72 Å². The van der Waals surface area contributed by atoms with Gasteiger partial charge in [-0.05, 0) is 31.2 Å². The molecule has 0 amide bonds. The predicted molar refractivity (Wildman–Crippen MR) is 81.8 cm³/mol. The first kappa shape index (κ1) is 14.7. The monoisotopic (exact) mass is 338 g/mol. The molecule has 0 bridgehead atoms. The van der Waals surface area contributed by atoms with Crippen LogP contribution in [0.1, 0.15) is 5.69 Å². The number of halogens is 1. The Morgan fingerprint density at radius 1 is 1.23 bits per heavy atom. The number of thiophene rings is 1. The molecule has 0 aliphatic heterocycles. The lowest BCUT2D eigenvalue weighted by Gasteiger charge is -2.06. The Hall–Kier alpha value is -2.19. The summed E-state index contributed by atoms with van der Waals surface area (Å²) in [4.78, 5) is 0.634. The first-order valence-electron chi connectivity index (χ1n) is 6.26. The highest BCUT2D eigenvalue weighted by molar-refractivity contribution is 7.94. The van der Waals surface area contributed by atoms with Gasteiger partial charge >= 0.3 is 0 Å². The standard InChI is InChI=1S/C14H11FN2O3S2/c1-9-8-12(20-16-9)13-6-7-14(21-13)22(18,19)17-11-5-3-2-4-10(11)15/h2-8,17H,1H3. The summed E-state index contributed by atoms with van der Waals surface area (Å²) in [5.74, 6) is -0.136. The minimum absolute atomic E-state index is 0.0693. The van der Waals surface area contributed by atoms with Crippen LogP contribution in [-0.4, -0.2) is 13.6 Å². The average molecular weight is 338 g/mol. The van der Waals surface area contributed by atoms with Crippen LogP contribution >= 0.6 is 11.3 Å². The van der Waals surface area contributed by atoms with Gasteiger partial charge in [-0.1, -0.05) is 17.3 Å². The van der Waals surface area contributed by atoms with Crippen LogP contribution in [0, 0.1) is 12.7 Å². The van der Waals surface area contributed by atoms with Gasteiger partial charge in [-0.15, -0.1) is 11.3 Å². The van der Waals surface area contributed by atoms with Gasteiger partial charge in [-0.2, -0.15) is 0 Å². The molecule has 0 saturated carbocycles. The number of rotatable bonds is 4. The molecule has 114 valence electrons. The quantitative estimate of drug-likeness (QED) is 0.788. The van der Waals surface area contributed by atoms with E-state index >= 15 is 0 Å². The van der Waals surface area contributed by atoms with Crippen molar-refractivity contribution >= 4 is 27.0 Å². The lowest BCUT2D eigenvalue weighted by atomic mass is 10.3. The van der Waals surface area contributed by atoms with Crippen LogP contribution in [0.4, 0.5) is 10.1 Å². The number of benzene rings is 1. The van der Waals surface area contributed by atoms with E-state index < -0.39 is 15.8 Å². The van der Waals surface area contributed by atoms with Gasteiger partial charge < -0.3 is 4.52 Å². The zero-order chi connectivity index (χ0) is 15.7. The minimum Gasteiger partial charge on any atom is -0.355 e. The molecule has 5 nitrogen and oxygen atoms in total. The summed E-state index contributed by atoms with van der Waals surface area (Å²) in [7, 11) is -3.85. The van der Waals surface area contributed by atoms with E-state index in [1.807, 2.05) is 0 Å². The van der Waals surface area contributed by atoms with E-state index in [0.29, 0.717) is 16.3 Å². The van der Waals surface area contributed by atoms with Crippen molar-refractivity contribution in [2.75, 3.05) is 4.72 Å². The summed E-state index contributed by atoms with van der Waals surface area (Å²) >= 11 is 1.02. The van der Waals surface area contributed by atoms with Crippen LogP contribution in [0.2, 0.25) is 0 Å². The topological polar surface area (TPSA) is 72.2 Å². The van der Waals surface area contributed by atoms with Crippen LogP contribution in [0.15, 0.2) is 51.2 Å². The number of nitrogens with zero attached hydrogens (tertiary/aromatic N) is 1. The number of nitrogens with one attached hydrogen (secondary N) is 1. The van der Waals surface area contributed by atoms with Crippen molar-refractivity contribution in [3.05, 3.63) is 54.0 Å². The van der Waals surface area contributed by atoms with Gasteiger partial charge in [0, 0.05) is 6.07 Å². The third-order valence-corrected chi connectivity index (χ3v) is 5.79. The van der Waals surface area contributed by atoms with Gasteiger partial charge in [0.1, 0.15) is 10.0 Å². The Balaban J connectivity index is 1.90. The molecule has 1 aromatic carbocycles. The molecule has 0 unspecified atom stereocenters. The largest absolute Gasteiger partial charge is 0.355 e. The van der Waals surface area contributed by atoms with Crippen molar-refractivity contribution in [3.63, 3.8) is 0 Å². The van der Waals surface area contributed by atoms with Crippen molar-refractivity contribution in [1.29, 1.82) is 0 Å².